The lowest BCUT2D eigenvalue weighted by Gasteiger charge is -2.06. The minimum atomic E-state index is 1.04. The van der Waals surface area contributed by atoms with Gasteiger partial charge in [0.15, 0.2) is 0 Å². The molecule has 0 unspecified atom stereocenters. The molecule has 27 heavy (non-hydrogen) atoms. The quantitative estimate of drug-likeness (QED) is 0.368. The van der Waals surface area contributed by atoms with Crippen molar-refractivity contribution in [2.24, 2.45) is 0 Å². The summed E-state index contributed by atoms with van der Waals surface area (Å²) in [6.45, 7) is 4.31. The highest BCUT2D eigenvalue weighted by Crippen LogP contribution is 2.22. The number of aromatic nitrogens is 2. The Morgan fingerprint density at radius 2 is 1.56 bits per heavy atom. The maximum absolute atomic E-state index is 4.82. The minimum absolute atomic E-state index is 1.04. The Hall–Kier alpha value is -2.61. The van der Waals surface area contributed by atoms with Gasteiger partial charge in [-0.2, -0.15) is 0 Å². The lowest BCUT2D eigenvalue weighted by atomic mass is 9.99. The van der Waals surface area contributed by atoms with Crippen LogP contribution in [-0.2, 0) is 12.8 Å². The SMILES string of the molecule is Cc1ccc2[nH]c(CCCCCCc3cccc4ccccc34)nc2c1C. The minimum Gasteiger partial charge on any atom is -0.342 e. The fraction of sp³-hybridized carbons (Fsp3) is 0.320. The van der Waals surface area contributed by atoms with Gasteiger partial charge in [0, 0.05) is 6.42 Å². The fourth-order valence-electron chi connectivity index (χ4n) is 3.95. The molecule has 2 heteroatoms. The smallest absolute Gasteiger partial charge is 0.107 e. The van der Waals surface area contributed by atoms with Gasteiger partial charge in [0.2, 0.25) is 0 Å². The van der Waals surface area contributed by atoms with E-state index in [0.29, 0.717) is 0 Å². The number of rotatable bonds is 7. The van der Waals surface area contributed by atoms with Gasteiger partial charge in [-0.3, -0.25) is 0 Å². The van der Waals surface area contributed by atoms with Crippen LogP contribution in [0.5, 0.6) is 0 Å². The van der Waals surface area contributed by atoms with Gasteiger partial charge in [-0.05, 0) is 66.6 Å². The first-order chi connectivity index (χ1) is 13.2. The zero-order valence-electron chi connectivity index (χ0n) is 16.4. The van der Waals surface area contributed by atoms with E-state index in [1.165, 1.54) is 65.1 Å². The van der Waals surface area contributed by atoms with Crippen LogP contribution in [-0.4, -0.2) is 9.97 Å². The molecule has 4 aromatic rings. The van der Waals surface area contributed by atoms with Crippen LogP contribution in [0.25, 0.3) is 21.8 Å². The normalized spacial score (nSPS) is 11.5. The van der Waals surface area contributed by atoms with Crippen LogP contribution in [0.1, 0.15) is 48.2 Å². The van der Waals surface area contributed by atoms with E-state index in [9.17, 15) is 0 Å². The highest BCUT2D eigenvalue weighted by atomic mass is 14.9. The lowest BCUT2D eigenvalue weighted by molar-refractivity contribution is 0.633. The predicted octanol–water partition coefficient (Wildman–Crippen LogP) is 6.68. The molecule has 0 atom stereocenters. The van der Waals surface area contributed by atoms with Crippen molar-refractivity contribution in [2.45, 2.75) is 52.4 Å². The van der Waals surface area contributed by atoms with Crippen molar-refractivity contribution in [1.29, 1.82) is 0 Å². The molecule has 2 nitrogen and oxygen atoms in total. The number of nitrogens with zero attached hydrogens (tertiary/aromatic N) is 1. The first-order valence-electron chi connectivity index (χ1n) is 10.1. The van der Waals surface area contributed by atoms with Crippen LogP contribution in [0.4, 0.5) is 0 Å². The Balaban J connectivity index is 1.27. The average molecular weight is 357 g/mol. The molecule has 0 bridgehead atoms. The number of H-pyrrole nitrogens is 1. The van der Waals surface area contributed by atoms with E-state index in [2.05, 4.69) is 73.4 Å². The van der Waals surface area contributed by atoms with Crippen LogP contribution in [0.3, 0.4) is 0 Å². The molecule has 1 heterocycles. The van der Waals surface area contributed by atoms with Crippen LogP contribution in [0.2, 0.25) is 0 Å². The van der Waals surface area contributed by atoms with Crippen molar-refractivity contribution in [2.75, 3.05) is 0 Å². The molecule has 0 aliphatic heterocycles. The molecule has 0 aliphatic carbocycles. The van der Waals surface area contributed by atoms with Gasteiger partial charge in [0.05, 0.1) is 11.0 Å². The number of imidazole rings is 1. The van der Waals surface area contributed by atoms with Crippen molar-refractivity contribution < 1.29 is 0 Å². The van der Waals surface area contributed by atoms with Crippen molar-refractivity contribution in [3.63, 3.8) is 0 Å². The van der Waals surface area contributed by atoms with Crippen LogP contribution < -0.4 is 0 Å². The first-order valence-corrected chi connectivity index (χ1v) is 10.1. The Morgan fingerprint density at radius 1 is 0.778 bits per heavy atom. The summed E-state index contributed by atoms with van der Waals surface area (Å²) < 4.78 is 0. The molecule has 1 N–H and O–H groups in total. The van der Waals surface area contributed by atoms with Gasteiger partial charge in [0.1, 0.15) is 5.82 Å². The van der Waals surface area contributed by atoms with Gasteiger partial charge in [-0.15, -0.1) is 0 Å². The molecule has 0 saturated carbocycles. The second-order valence-electron chi connectivity index (χ2n) is 7.64. The maximum atomic E-state index is 4.82. The van der Waals surface area contributed by atoms with E-state index < -0.39 is 0 Å². The van der Waals surface area contributed by atoms with E-state index in [1.54, 1.807) is 0 Å². The summed E-state index contributed by atoms with van der Waals surface area (Å²) >= 11 is 0. The molecule has 0 saturated heterocycles. The zero-order valence-corrected chi connectivity index (χ0v) is 16.4. The number of aromatic amines is 1. The third kappa shape index (κ3) is 3.90. The van der Waals surface area contributed by atoms with Gasteiger partial charge in [0.25, 0.3) is 0 Å². The summed E-state index contributed by atoms with van der Waals surface area (Å²) in [6, 6.07) is 19.7. The number of aryl methyl sites for hydroxylation is 4. The van der Waals surface area contributed by atoms with E-state index in [-0.39, 0.29) is 0 Å². The molecule has 1 aromatic heterocycles. The number of fused-ring (bicyclic) bond motifs is 2. The summed E-state index contributed by atoms with van der Waals surface area (Å²) in [5.41, 5.74) is 6.40. The summed E-state index contributed by atoms with van der Waals surface area (Å²) in [6.07, 6.45) is 7.22. The first kappa shape index (κ1) is 17.8. The summed E-state index contributed by atoms with van der Waals surface area (Å²) in [5.74, 6) is 1.13. The molecule has 0 aliphatic rings. The molecule has 0 spiro atoms. The maximum Gasteiger partial charge on any atom is 0.107 e. The summed E-state index contributed by atoms with van der Waals surface area (Å²) in [4.78, 5) is 8.31. The van der Waals surface area contributed by atoms with Crippen LogP contribution >= 0.6 is 0 Å². The lowest BCUT2D eigenvalue weighted by Crippen LogP contribution is -1.91. The number of hydrogen-bond donors (Lipinski definition) is 1. The average Bonchev–Trinajstić information content (AvgIpc) is 3.11. The molecule has 138 valence electrons. The Morgan fingerprint density at radius 3 is 2.44 bits per heavy atom. The van der Waals surface area contributed by atoms with Crippen molar-refractivity contribution in [3.05, 3.63) is 77.1 Å². The Kier molecular flexibility index (Phi) is 5.24. The largest absolute Gasteiger partial charge is 0.342 e. The number of nitrogens with one attached hydrogen (secondary N) is 1. The monoisotopic (exact) mass is 356 g/mol. The molecule has 3 aromatic carbocycles. The molecule has 0 radical (unpaired) electrons. The Labute approximate surface area is 161 Å². The van der Waals surface area contributed by atoms with Crippen molar-refractivity contribution in [3.8, 4) is 0 Å². The fourth-order valence-corrected chi connectivity index (χ4v) is 3.95. The van der Waals surface area contributed by atoms with Gasteiger partial charge in [-0.25, -0.2) is 4.98 Å². The van der Waals surface area contributed by atoms with Crippen molar-refractivity contribution >= 4 is 21.8 Å². The topological polar surface area (TPSA) is 28.7 Å². The highest BCUT2D eigenvalue weighted by Gasteiger charge is 2.07. The van der Waals surface area contributed by atoms with Gasteiger partial charge in [-0.1, -0.05) is 61.4 Å². The second-order valence-corrected chi connectivity index (χ2v) is 7.64. The Bertz CT molecular complexity index is 1050. The predicted molar refractivity (Wildman–Crippen MR) is 115 cm³/mol. The van der Waals surface area contributed by atoms with E-state index in [1.807, 2.05) is 0 Å². The molecule has 0 amide bonds. The van der Waals surface area contributed by atoms with Crippen LogP contribution in [0.15, 0.2) is 54.6 Å². The zero-order chi connectivity index (χ0) is 18.6. The third-order valence-corrected chi connectivity index (χ3v) is 5.72. The number of unbranched alkanes of at least 4 members (excludes halogenated alkanes) is 3. The number of hydrogen-bond acceptors (Lipinski definition) is 1. The molecular formula is C25H28N2. The second kappa shape index (κ2) is 7.96. The highest BCUT2D eigenvalue weighted by molar-refractivity contribution is 5.85. The van der Waals surface area contributed by atoms with E-state index in [0.717, 1.165) is 17.8 Å². The molecular weight excluding hydrogens is 328 g/mol. The van der Waals surface area contributed by atoms with Gasteiger partial charge >= 0.3 is 0 Å². The van der Waals surface area contributed by atoms with Gasteiger partial charge < -0.3 is 4.98 Å². The molecule has 0 fully saturated rings. The third-order valence-electron chi connectivity index (χ3n) is 5.72. The summed E-state index contributed by atoms with van der Waals surface area (Å²) in [7, 11) is 0. The van der Waals surface area contributed by atoms with E-state index >= 15 is 0 Å². The summed E-state index contributed by atoms with van der Waals surface area (Å²) in [5, 5.41) is 2.76. The number of benzene rings is 3. The van der Waals surface area contributed by atoms with E-state index in [4.69, 9.17) is 4.98 Å². The molecule has 4 rings (SSSR count). The van der Waals surface area contributed by atoms with Crippen molar-refractivity contribution in [1.82, 2.24) is 9.97 Å². The standard InChI is InChI=1S/C25H28N2/c1-18-16-17-23-25(19(18)2)27-24(26-23)15-6-4-3-5-10-20-12-9-13-21-11-7-8-14-22(20)21/h7-9,11-14,16-17H,3-6,10,15H2,1-2H3,(H,26,27). The van der Waals surface area contributed by atoms with Crippen LogP contribution in [0, 0.1) is 13.8 Å².